The maximum Gasteiger partial charge on any atom is 0.354 e. The molecule has 0 spiro atoms. The summed E-state index contributed by atoms with van der Waals surface area (Å²) in [6.45, 7) is 8.35. The van der Waals surface area contributed by atoms with Crippen LogP contribution in [-0.2, 0) is 9.53 Å². The van der Waals surface area contributed by atoms with Gasteiger partial charge in [0.25, 0.3) is 0 Å². The molecule has 0 saturated heterocycles. The van der Waals surface area contributed by atoms with Gasteiger partial charge in [0.1, 0.15) is 6.34 Å². The van der Waals surface area contributed by atoms with Crippen LogP contribution in [0.3, 0.4) is 0 Å². The van der Waals surface area contributed by atoms with E-state index >= 15 is 0 Å². The summed E-state index contributed by atoms with van der Waals surface area (Å²) < 4.78 is 5.03. The average Bonchev–Trinajstić information content (AvgIpc) is 2.51. The lowest BCUT2D eigenvalue weighted by Crippen LogP contribution is -2.59. The summed E-state index contributed by atoms with van der Waals surface area (Å²) in [6, 6.07) is 0. The van der Waals surface area contributed by atoms with Gasteiger partial charge in [-0.1, -0.05) is 20.8 Å². The summed E-state index contributed by atoms with van der Waals surface area (Å²) in [6.07, 6.45) is 2.10. The van der Waals surface area contributed by atoms with Crippen LogP contribution in [0, 0.1) is 5.41 Å². The fourth-order valence-electron chi connectivity index (χ4n) is 1.63. The van der Waals surface area contributed by atoms with Gasteiger partial charge in [-0.25, -0.2) is 4.79 Å². The maximum atomic E-state index is 11.8. The molecule has 1 rings (SSSR count). The third-order valence-corrected chi connectivity index (χ3v) is 2.05. The van der Waals surface area contributed by atoms with Crippen molar-refractivity contribution in [1.82, 2.24) is 10.7 Å². The maximum absolute atomic E-state index is 11.8. The molecule has 0 saturated carbocycles. The number of carbonyl (C=O) groups excluding carboxylic acids is 1. The zero-order valence-corrected chi connectivity index (χ0v) is 9.76. The number of esters is 1. The Bertz CT molecular complexity index is 260. The largest absolute Gasteiger partial charge is 0.463 e. The highest BCUT2D eigenvalue weighted by molar-refractivity contribution is 5.84. The van der Waals surface area contributed by atoms with Crippen molar-refractivity contribution in [3.63, 3.8) is 0 Å². The Balaban J connectivity index is 2.75. The van der Waals surface area contributed by atoms with Crippen molar-refractivity contribution in [2.75, 3.05) is 6.61 Å². The third kappa shape index (κ3) is 2.84. The normalized spacial score (nSPS) is 24.5. The zero-order chi connectivity index (χ0) is 11.5. The number of rotatable bonds is 3. The number of nitrogens with zero attached hydrogens (tertiary/aromatic N) is 1. The van der Waals surface area contributed by atoms with Crippen molar-refractivity contribution >= 4 is 12.3 Å². The van der Waals surface area contributed by atoms with Crippen LogP contribution in [0.1, 0.15) is 34.1 Å². The lowest BCUT2D eigenvalue weighted by atomic mass is 9.85. The molecule has 86 valence electrons. The van der Waals surface area contributed by atoms with Crippen LogP contribution < -0.4 is 10.7 Å². The Morgan fingerprint density at radius 3 is 2.60 bits per heavy atom. The predicted molar refractivity (Wildman–Crippen MR) is 58.2 cm³/mol. The fraction of sp³-hybridized carbons (Fsp3) is 0.800. The van der Waals surface area contributed by atoms with Crippen LogP contribution >= 0.6 is 0 Å². The van der Waals surface area contributed by atoms with Crippen molar-refractivity contribution in [2.24, 2.45) is 10.5 Å². The van der Waals surface area contributed by atoms with Crippen molar-refractivity contribution in [3.05, 3.63) is 0 Å². The molecule has 0 fully saturated rings. The lowest BCUT2D eigenvalue weighted by molar-refractivity contribution is -0.153. The molecule has 15 heavy (non-hydrogen) atoms. The van der Waals surface area contributed by atoms with Crippen LogP contribution in [-0.4, -0.2) is 24.6 Å². The van der Waals surface area contributed by atoms with Gasteiger partial charge in [-0.2, -0.15) is 5.10 Å². The monoisotopic (exact) mass is 213 g/mol. The highest BCUT2D eigenvalue weighted by Gasteiger charge is 2.44. The molecule has 0 aromatic rings. The Kier molecular flexibility index (Phi) is 3.21. The van der Waals surface area contributed by atoms with Gasteiger partial charge in [0, 0.05) is 6.42 Å². The van der Waals surface area contributed by atoms with Gasteiger partial charge in [0.2, 0.25) is 5.66 Å². The van der Waals surface area contributed by atoms with Gasteiger partial charge < -0.3 is 10.1 Å². The Hall–Kier alpha value is -1.26. The molecule has 0 bridgehead atoms. The number of hydrogen-bond acceptors (Lipinski definition) is 5. The molecule has 0 aliphatic carbocycles. The van der Waals surface area contributed by atoms with Gasteiger partial charge >= 0.3 is 5.97 Å². The van der Waals surface area contributed by atoms with Crippen molar-refractivity contribution in [1.29, 1.82) is 0 Å². The number of hydrogen-bond donors (Lipinski definition) is 2. The molecule has 2 N–H and O–H groups in total. The molecule has 1 atom stereocenters. The highest BCUT2D eigenvalue weighted by Crippen LogP contribution is 2.27. The summed E-state index contributed by atoms with van der Waals surface area (Å²) >= 11 is 0. The quantitative estimate of drug-likeness (QED) is 0.681. The number of carbonyl (C=O) groups is 1. The zero-order valence-electron chi connectivity index (χ0n) is 9.76. The molecular weight excluding hydrogens is 194 g/mol. The summed E-state index contributed by atoms with van der Waals surface area (Å²) in [4.78, 5) is 11.8. The first-order valence-corrected chi connectivity index (χ1v) is 5.13. The van der Waals surface area contributed by atoms with E-state index in [1.165, 1.54) is 6.34 Å². The number of ether oxygens (including phenoxy) is 1. The van der Waals surface area contributed by atoms with Gasteiger partial charge in [-0.05, 0) is 12.3 Å². The summed E-state index contributed by atoms with van der Waals surface area (Å²) in [5, 5.41) is 6.77. The molecule has 1 heterocycles. The highest BCUT2D eigenvalue weighted by atomic mass is 16.5. The van der Waals surface area contributed by atoms with E-state index in [4.69, 9.17) is 4.74 Å². The van der Waals surface area contributed by atoms with Crippen molar-refractivity contribution in [3.8, 4) is 0 Å². The van der Waals surface area contributed by atoms with Gasteiger partial charge in [0.15, 0.2) is 0 Å². The van der Waals surface area contributed by atoms with Crippen LogP contribution in [0.5, 0.6) is 0 Å². The molecule has 1 aliphatic heterocycles. The first-order chi connectivity index (χ1) is 6.90. The molecule has 5 nitrogen and oxygen atoms in total. The molecule has 0 amide bonds. The van der Waals surface area contributed by atoms with Gasteiger partial charge in [-0.15, -0.1) is 0 Å². The Labute approximate surface area is 90.3 Å². The lowest BCUT2D eigenvalue weighted by Gasteiger charge is -2.32. The van der Waals surface area contributed by atoms with Crippen molar-refractivity contribution in [2.45, 2.75) is 39.8 Å². The van der Waals surface area contributed by atoms with E-state index in [9.17, 15) is 4.79 Å². The average molecular weight is 213 g/mol. The second-order valence-electron chi connectivity index (χ2n) is 4.88. The first kappa shape index (κ1) is 11.8. The number of nitrogens with one attached hydrogen (secondary N) is 2. The predicted octanol–water partition coefficient (Wildman–Crippen LogP) is 0.818. The SMILES string of the molecule is CCOC(=O)C1(CC(C)(C)C)NC=NN1. The van der Waals surface area contributed by atoms with E-state index in [1.54, 1.807) is 6.92 Å². The van der Waals surface area contributed by atoms with E-state index in [0.717, 1.165) is 0 Å². The molecule has 1 unspecified atom stereocenters. The van der Waals surface area contributed by atoms with E-state index in [-0.39, 0.29) is 11.4 Å². The van der Waals surface area contributed by atoms with Crippen LogP contribution in [0.4, 0.5) is 0 Å². The molecular formula is C10H19N3O2. The number of hydrazone groups is 1. The van der Waals surface area contributed by atoms with E-state index < -0.39 is 5.66 Å². The topological polar surface area (TPSA) is 62.7 Å². The fourth-order valence-corrected chi connectivity index (χ4v) is 1.63. The second kappa shape index (κ2) is 4.08. The Morgan fingerprint density at radius 2 is 2.20 bits per heavy atom. The molecule has 5 heteroatoms. The molecule has 0 aromatic carbocycles. The minimum absolute atomic E-state index is 0.000458. The first-order valence-electron chi connectivity index (χ1n) is 5.13. The van der Waals surface area contributed by atoms with Crippen LogP contribution in [0.15, 0.2) is 5.10 Å². The molecule has 0 aromatic heterocycles. The Morgan fingerprint density at radius 1 is 1.53 bits per heavy atom. The van der Waals surface area contributed by atoms with Gasteiger partial charge in [0.05, 0.1) is 6.61 Å². The third-order valence-electron chi connectivity index (χ3n) is 2.05. The summed E-state index contributed by atoms with van der Waals surface area (Å²) in [7, 11) is 0. The second-order valence-corrected chi connectivity index (χ2v) is 4.88. The molecule has 0 radical (unpaired) electrons. The van der Waals surface area contributed by atoms with Crippen LogP contribution in [0.2, 0.25) is 0 Å². The van der Waals surface area contributed by atoms with E-state index in [0.29, 0.717) is 13.0 Å². The van der Waals surface area contributed by atoms with Crippen LogP contribution in [0.25, 0.3) is 0 Å². The molecule has 1 aliphatic rings. The van der Waals surface area contributed by atoms with Gasteiger partial charge in [-0.3, -0.25) is 5.43 Å². The summed E-state index contributed by atoms with van der Waals surface area (Å²) in [5.74, 6) is -0.308. The standard InChI is InChI=1S/C10H19N3O2/c1-5-15-8(14)10(6-9(2,3)4)11-7-12-13-10/h7,13H,5-6H2,1-4H3,(H,11,12). The smallest absolute Gasteiger partial charge is 0.354 e. The minimum Gasteiger partial charge on any atom is -0.463 e. The van der Waals surface area contributed by atoms with E-state index in [1.807, 2.05) is 0 Å². The summed E-state index contributed by atoms with van der Waals surface area (Å²) in [5.41, 5.74) is 1.90. The minimum atomic E-state index is -0.895. The van der Waals surface area contributed by atoms with Crippen molar-refractivity contribution < 1.29 is 9.53 Å². The van der Waals surface area contributed by atoms with E-state index in [2.05, 4.69) is 36.6 Å².